The molecule has 0 spiro atoms. The summed E-state index contributed by atoms with van der Waals surface area (Å²) < 4.78 is 0.977. The van der Waals surface area contributed by atoms with E-state index in [0.717, 1.165) is 21.2 Å². The first kappa shape index (κ1) is 18.4. The Labute approximate surface area is 162 Å². The maximum Gasteiger partial charge on any atom is 0.223 e. The lowest BCUT2D eigenvalue weighted by atomic mass is 9.93. The fourth-order valence-electron chi connectivity index (χ4n) is 3.25. The van der Waals surface area contributed by atoms with Crippen LogP contribution in [0.3, 0.4) is 0 Å². The van der Waals surface area contributed by atoms with E-state index in [1.807, 2.05) is 61.5 Å². The van der Waals surface area contributed by atoms with Crippen molar-refractivity contribution in [2.24, 2.45) is 0 Å². The molecule has 0 aliphatic carbocycles. The van der Waals surface area contributed by atoms with Crippen LogP contribution in [0.4, 0.5) is 0 Å². The third kappa shape index (κ3) is 4.05. The van der Waals surface area contributed by atoms with Gasteiger partial charge in [0, 0.05) is 17.6 Å². The van der Waals surface area contributed by atoms with Crippen LogP contribution < -0.4 is 5.32 Å². The van der Waals surface area contributed by atoms with Gasteiger partial charge < -0.3 is 10.2 Å². The number of fused-ring (bicyclic) bond motifs is 1. The molecule has 1 aliphatic rings. The summed E-state index contributed by atoms with van der Waals surface area (Å²) in [6, 6.07) is 15.3. The lowest BCUT2D eigenvalue weighted by Gasteiger charge is -2.32. The molecule has 2 atom stereocenters. The second-order valence-corrected chi connectivity index (χ2v) is 7.35. The lowest BCUT2D eigenvalue weighted by Crippen LogP contribution is -2.36. The number of halogens is 1. The van der Waals surface area contributed by atoms with Crippen LogP contribution >= 0.6 is 15.9 Å². The van der Waals surface area contributed by atoms with Crippen LogP contribution in [0.2, 0.25) is 0 Å². The molecule has 26 heavy (non-hydrogen) atoms. The first-order valence-electron chi connectivity index (χ1n) is 8.56. The highest BCUT2D eigenvalue weighted by Gasteiger charge is 2.28. The summed E-state index contributed by atoms with van der Waals surface area (Å²) in [7, 11) is 0. The highest BCUT2D eigenvalue weighted by atomic mass is 79.9. The van der Waals surface area contributed by atoms with Crippen molar-refractivity contribution in [1.82, 2.24) is 10.2 Å². The number of amides is 2. The molecule has 1 heterocycles. The van der Waals surface area contributed by atoms with Crippen molar-refractivity contribution in [2.45, 2.75) is 32.4 Å². The molecule has 0 aromatic heterocycles. The van der Waals surface area contributed by atoms with E-state index in [1.54, 1.807) is 11.1 Å². The molecular weight excluding hydrogens is 392 g/mol. The second kappa shape index (κ2) is 7.87. The number of carbonyl (C=O) groups excluding carboxylic acids is 2. The average Bonchev–Trinajstić information content (AvgIpc) is 2.61. The van der Waals surface area contributed by atoms with Crippen LogP contribution in [0, 0.1) is 0 Å². The van der Waals surface area contributed by atoms with Gasteiger partial charge in [0.15, 0.2) is 0 Å². The molecule has 1 aliphatic heterocycles. The molecule has 1 N–H and O–H groups in total. The Morgan fingerprint density at radius 2 is 1.96 bits per heavy atom. The second-order valence-electron chi connectivity index (χ2n) is 6.44. The van der Waals surface area contributed by atoms with Gasteiger partial charge >= 0.3 is 0 Å². The molecule has 2 aromatic rings. The molecule has 0 unspecified atom stereocenters. The summed E-state index contributed by atoms with van der Waals surface area (Å²) in [6.07, 6.45) is 3.90. The number of benzene rings is 2. The van der Waals surface area contributed by atoms with Crippen LogP contribution in [0.5, 0.6) is 0 Å². The van der Waals surface area contributed by atoms with E-state index >= 15 is 0 Å². The lowest BCUT2D eigenvalue weighted by molar-refractivity contribution is -0.130. The van der Waals surface area contributed by atoms with Gasteiger partial charge in [0.1, 0.15) is 0 Å². The Hall–Kier alpha value is -2.40. The van der Waals surface area contributed by atoms with E-state index in [9.17, 15) is 9.59 Å². The normalized spacial score (nSPS) is 16.7. The molecule has 134 valence electrons. The number of hydrogen-bond donors (Lipinski definition) is 1. The maximum absolute atomic E-state index is 12.7. The highest BCUT2D eigenvalue weighted by Crippen LogP contribution is 2.33. The molecule has 3 rings (SSSR count). The van der Waals surface area contributed by atoms with Crippen molar-refractivity contribution >= 4 is 33.8 Å². The SMILES string of the molecule is CC(=O)N1C=Cc2ccccc2[C@H]1CC(=O)N[C@H](C)c1cccc(Br)c1. The van der Waals surface area contributed by atoms with Gasteiger partial charge in [-0.2, -0.15) is 0 Å². The summed E-state index contributed by atoms with van der Waals surface area (Å²) in [5.41, 5.74) is 3.07. The molecule has 0 fully saturated rings. The van der Waals surface area contributed by atoms with Crippen molar-refractivity contribution in [3.05, 3.63) is 75.9 Å². The Bertz CT molecular complexity index is 863. The van der Waals surface area contributed by atoms with Crippen molar-refractivity contribution in [3.63, 3.8) is 0 Å². The van der Waals surface area contributed by atoms with E-state index in [0.29, 0.717) is 0 Å². The first-order valence-corrected chi connectivity index (χ1v) is 9.36. The Morgan fingerprint density at radius 1 is 1.19 bits per heavy atom. The summed E-state index contributed by atoms with van der Waals surface area (Å²) in [5.74, 6) is -0.160. The maximum atomic E-state index is 12.7. The molecule has 0 saturated heterocycles. The molecule has 2 aromatic carbocycles. The summed E-state index contributed by atoms with van der Waals surface area (Å²) >= 11 is 3.45. The van der Waals surface area contributed by atoms with Gasteiger partial charge in [-0.3, -0.25) is 9.59 Å². The number of nitrogens with one attached hydrogen (secondary N) is 1. The topological polar surface area (TPSA) is 49.4 Å². The van der Waals surface area contributed by atoms with Gasteiger partial charge in [-0.15, -0.1) is 0 Å². The number of hydrogen-bond acceptors (Lipinski definition) is 2. The molecular formula is C21H21BrN2O2. The Morgan fingerprint density at radius 3 is 2.69 bits per heavy atom. The monoisotopic (exact) mass is 412 g/mol. The fourth-order valence-corrected chi connectivity index (χ4v) is 3.67. The van der Waals surface area contributed by atoms with E-state index in [1.165, 1.54) is 6.92 Å². The zero-order valence-corrected chi connectivity index (χ0v) is 16.4. The van der Waals surface area contributed by atoms with Gasteiger partial charge in [-0.25, -0.2) is 0 Å². The van der Waals surface area contributed by atoms with E-state index in [-0.39, 0.29) is 30.3 Å². The minimum atomic E-state index is -0.289. The first-order chi connectivity index (χ1) is 12.5. The smallest absolute Gasteiger partial charge is 0.223 e. The highest BCUT2D eigenvalue weighted by molar-refractivity contribution is 9.10. The summed E-state index contributed by atoms with van der Waals surface area (Å²) in [4.78, 5) is 26.3. The van der Waals surface area contributed by atoms with Crippen molar-refractivity contribution in [2.75, 3.05) is 0 Å². The minimum absolute atomic E-state index is 0.0754. The molecule has 4 nitrogen and oxygen atoms in total. The quantitative estimate of drug-likeness (QED) is 0.797. The van der Waals surface area contributed by atoms with Crippen molar-refractivity contribution in [1.29, 1.82) is 0 Å². The zero-order valence-electron chi connectivity index (χ0n) is 14.8. The van der Waals surface area contributed by atoms with Crippen LogP contribution in [-0.4, -0.2) is 16.7 Å². The third-order valence-electron chi connectivity index (χ3n) is 4.57. The summed E-state index contributed by atoms with van der Waals surface area (Å²) in [5, 5.41) is 3.04. The number of nitrogens with zero attached hydrogens (tertiary/aromatic N) is 1. The van der Waals surface area contributed by atoms with Crippen LogP contribution in [0.15, 0.2) is 59.2 Å². The number of rotatable bonds is 4. The van der Waals surface area contributed by atoms with Gasteiger partial charge in [-0.05, 0) is 41.8 Å². The largest absolute Gasteiger partial charge is 0.350 e. The molecule has 0 bridgehead atoms. The van der Waals surface area contributed by atoms with Crippen LogP contribution in [0.25, 0.3) is 6.08 Å². The van der Waals surface area contributed by atoms with Crippen molar-refractivity contribution < 1.29 is 9.59 Å². The Kier molecular flexibility index (Phi) is 5.57. The van der Waals surface area contributed by atoms with Gasteiger partial charge in [0.25, 0.3) is 0 Å². The standard InChI is InChI=1S/C21H21BrN2O2/c1-14(17-7-5-8-18(22)12-17)23-21(26)13-20-19-9-4-3-6-16(19)10-11-24(20)15(2)25/h3-12,14,20H,13H2,1-2H3,(H,23,26)/t14-,20-/m1/s1. The molecule has 0 radical (unpaired) electrons. The number of carbonyl (C=O) groups is 2. The van der Waals surface area contributed by atoms with Gasteiger partial charge in [0.2, 0.25) is 11.8 Å². The van der Waals surface area contributed by atoms with E-state index in [4.69, 9.17) is 0 Å². The minimum Gasteiger partial charge on any atom is -0.350 e. The van der Waals surface area contributed by atoms with Gasteiger partial charge in [-0.1, -0.05) is 52.3 Å². The van der Waals surface area contributed by atoms with Crippen molar-refractivity contribution in [3.8, 4) is 0 Å². The third-order valence-corrected chi connectivity index (χ3v) is 5.07. The fraction of sp³-hybridized carbons (Fsp3) is 0.238. The predicted octanol–water partition coefficient (Wildman–Crippen LogP) is 4.59. The average molecular weight is 413 g/mol. The van der Waals surface area contributed by atoms with E-state index < -0.39 is 0 Å². The van der Waals surface area contributed by atoms with Gasteiger partial charge in [0.05, 0.1) is 18.5 Å². The molecule has 5 heteroatoms. The molecule has 2 amide bonds. The Balaban J connectivity index is 1.76. The van der Waals surface area contributed by atoms with Crippen LogP contribution in [0.1, 0.15) is 49.0 Å². The zero-order chi connectivity index (χ0) is 18.7. The van der Waals surface area contributed by atoms with E-state index in [2.05, 4.69) is 21.2 Å². The predicted molar refractivity (Wildman–Crippen MR) is 106 cm³/mol. The molecule has 0 saturated carbocycles. The van der Waals surface area contributed by atoms with Crippen LogP contribution in [-0.2, 0) is 9.59 Å². The summed E-state index contributed by atoms with van der Waals surface area (Å²) in [6.45, 7) is 3.48.